The number of benzene rings is 1. The molecule has 204 valence electrons. The van der Waals surface area contributed by atoms with Gasteiger partial charge >= 0.3 is 16.5 Å². The van der Waals surface area contributed by atoms with Crippen molar-refractivity contribution < 1.29 is 35.0 Å². The van der Waals surface area contributed by atoms with Gasteiger partial charge in [-0.3, -0.25) is 8.98 Å². The molecule has 15 heteroatoms. The Balaban J connectivity index is 1.49. The second kappa shape index (κ2) is 11.0. The summed E-state index contributed by atoms with van der Waals surface area (Å²) < 4.78 is 81.8. The molecule has 4 rings (SSSR count). The van der Waals surface area contributed by atoms with Gasteiger partial charge in [-0.05, 0) is 42.5 Å². The molecule has 2 aromatic heterocycles. The van der Waals surface area contributed by atoms with Crippen LogP contribution in [0.25, 0.3) is 0 Å². The third-order valence-corrected chi connectivity index (χ3v) is 6.83. The summed E-state index contributed by atoms with van der Waals surface area (Å²) in [5, 5.41) is 7.83. The Morgan fingerprint density at radius 3 is 2.74 bits per heavy atom. The van der Waals surface area contributed by atoms with Crippen molar-refractivity contribution in [3.63, 3.8) is 0 Å². The number of carbonyl (C=O) groups excluding carboxylic acids is 1. The standard InChI is InChI=1S/C23H22ClF4N5O4S/c24-20-7-15(10-33(20)9-13-2-1-3-16(4-13)23(26,27)28)21(34)17-8-30-12-31-22(17)32-19-6-14(5-18(19)25)11-37-38(29,35)36/h1-4,7-8,10,12,14,18-19H,5-6,9,11H2,(H2,29,35,36)(H,30,31,32)/t14-,18+,19-/m1/s1. The zero-order valence-electron chi connectivity index (χ0n) is 19.5. The minimum absolute atomic E-state index is 0.0139. The number of hydrogen-bond acceptors (Lipinski definition) is 7. The number of anilines is 1. The summed E-state index contributed by atoms with van der Waals surface area (Å²) in [6.45, 7) is -0.287. The van der Waals surface area contributed by atoms with E-state index in [1.807, 2.05) is 0 Å². The smallest absolute Gasteiger partial charge is 0.364 e. The lowest BCUT2D eigenvalue weighted by Crippen LogP contribution is -2.27. The largest absolute Gasteiger partial charge is 0.416 e. The first-order valence-corrected chi connectivity index (χ1v) is 13.1. The van der Waals surface area contributed by atoms with Crippen LogP contribution >= 0.6 is 11.6 Å². The van der Waals surface area contributed by atoms with Crippen LogP contribution in [0.5, 0.6) is 0 Å². The fraction of sp³-hybridized carbons (Fsp3) is 0.348. The molecule has 0 unspecified atom stereocenters. The lowest BCUT2D eigenvalue weighted by molar-refractivity contribution is -0.137. The first-order chi connectivity index (χ1) is 17.8. The van der Waals surface area contributed by atoms with E-state index in [0.717, 1.165) is 12.1 Å². The average molecular weight is 576 g/mol. The van der Waals surface area contributed by atoms with E-state index in [9.17, 15) is 30.8 Å². The Morgan fingerprint density at radius 1 is 1.26 bits per heavy atom. The molecule has 0 amide bonds. The third kappa shape index (κ3) is 6.87. The second-order valence-electron chi connectivity index (χ2n) is 8.87. The summed E-state index contributed by atoms with van der Waals surface area (Å²) in [4.78, 5) is 21.2. The highest BCUT2D eigenvalue weighted by Gasteiger charge is 2.36. The van der Waals surface area contributed by atoms with Gasteiger partial charge < -0.3 is 9.88 Å². The Bertz CT molecular complexity index is 1430. The molecular weight excluding hydrogens is 554 g/mol. The maximum atomic E-state index is 14.6. The quantitative estimate of drug-likeness (QED) is 0.292. The second-order valence-corrected chi connectivity index (χ2v) is 10.5. The number of nitrogens with one attached hydrogen (secondary N) is 1. The highest BCUT2D eigenvalue weighted by atomic mass is 35.5. The monoisotopic (exact) mass is 575 g/mol. The topological polar surface area (TPSA) is 129 Å². The first-order valence-electron chi connectivity index (χ1n) is 11.2. The number of halogens is 5. The molecule has 1 saturated carbocycles. The van der Waals surface area contributed by atoms with E-state index in [4.69, 9.17) is 16.7 Å². The van der Waals surface area contributed by atoms with Crippen molar-refractivity contribution in [1.82, 2.24) is 14.5 Å². The van der Waals surface area contributed by atoms with E-state index in [0.29, 0.717) is 5.56 Å². The van der Waals surface area contributed by atoms with Gasteiger partial charge in [0.15, 0.2) is 5.78 Å². The van der Waals surface area contributed by atoms with Crippen molar-refractivity contribution in [2.24, 2.45) is 11.1 Å². The molecule has 1 aliphatic carbocycles. The number of nitrogens with two attached hydrogens (primary N) is 1. The van der Waals surface area contributed by atoms with Gasteiger partial charge in [0.2, 0.25) is 0 Å². The van der Waals surface area contributed by atoms with Crippen LogP contribution in [-0.2, 0) is 27.2 Å². The molecule has 9 nitrogen and oxygen atoms in total. The lowest BCUT2D eigenvalue weighted by Gasteiger charge is -2.17. The molecule has 0 aliphatic heterocycles. The molecule has 1 aromatic carbocycles. The van der Waals surface area contributed by atoms with E-state index < -0.39 is 46.0 Å². The summed E-state index contributed by atoms with van der Waals surface area (Å²) >= 11 is 6.26. The Kier molecular flexibility index (Phi) is 8.06. The number of nitrogens with zero attached hydrogens (tertiary/aromatic N) is 3. The van der Waals surface area contributed by atoms with Crippen molar-refractivity contribution in [1.29, 1.82) is 0 Å². The number of rotatable bonds is 9. The summed E-state index contributed by atoms with van der Waals surface area (Å²) in [5.41, 5.74) is -0.319. The molecule has 0 radical (unpaired) electrons. The van der Waals surface area contributed by atoms with E-state index in [2.05, 4.69) is 19.5 Å². The van der Waals surface area contributed by atoms with Crippen LogP contribution in [0.1, 0.15) is 39.9 Å². The Labute approximate surface area is 220 Å². The number of aromatic nitrogens is 3. The first kappa shape index (κ1) is 28.0. The van der Waals surface area contributed by atoms with Gasteiger partial charge in [-0.1, -0.05) is 23.7 Å². The fourth-order valence-electron chi connectivity index (χ4n) is 4.27. The van der Waals surface area contributed by atoms with Gasteiger partial charge in [-0.15, -0.1) is 0 Å². The van der Waals surface area contributed by atoms with Crippen LogP contribution < -0.4 is 10.5 Å². The Hall–Kier alpha value is -3.07. The molecule has 1 fully saturated rings. The van der Waals surface area contributed by atoms with Crippen LogP contribution in [0.4, 0.5) is 23.4 Å². The molecule has 3 N–H and O–H groups in total. The van der Waals surface area contributed by atoms with Crippen molar-refractivity contribution in [2.75, 3.05) is 11.9 Å². The average Bonchev–Trinajstić information content (AvgIpc) is 3.38. The summed E-state index contributed by atoms with van der Waals surface area (Å²) in [6.07, 6.45) is -1.82. The molecule has 3 atom stereocenters. The SMILES string of the molecule is NS(=O)(=O)OC[C@@H]1C[C@H](F)[C@H](Nc2ncncc2C(=O)c2cc(Cl)n(Cc3cccc(C(F)(F)F)c3)c2)C1. The minimum Gasteiger partial charge on any atom is -0.364 e. The molecule has 2 heterocycles. The van der Waals surface area contributed by atoms with Gasteiger partial charge in [0.05, 0.1) is 23.8 Å². The molecule has 0 bridgehead atoms. The van der Waals surface area contributed by atoms with Crippen LogP contribution in [0, 0.1) is 5.92 Å². The number of hydrogen-bond donors (Lipinski definition) is 2. The number of carbonyl (C=O) groups is 1. The number of alkyl halides is 4. The van der Waals surface area contributed by atoms with E-state index in [1.165, 1.54) is 41.5 Å². The van der Waals surface area contributed by atoms with Crippen molar-refractivity contribution in [2.45, 2.75) is 37.8 Å². The van der Waals surface area contributed by atoms with Gasteiger partial charge in [-0.25, -0.2) is 19.5 Å². The number of ketones is 1. The molecule has 0 saturated heterocycles. The summed E-state index contributed by atoms with van der Waals surface area (Å²) in [7, 11) is -4.16. The molecular formula is C23H22ClF4N5O4S. The van der Waals surface area contributed by atoms with Crippen molar-refractivity contribution in [3.8, 4) is 0 Å². The molecule has 3 aromatic rings. The van der Waals surface area contributed by atoms with Crippen LogP contribution in [-0.4, -0.2) is 47.6 Å². The zero-order valence-corrected chi connectivity index (χ0v) is 21.1. The normalized spacial score (nSPS) is 20.0. The lowest BCUT2D eigenvalue weighted by atomic mass is 10.1. The van der Waals surface area contributed by atoms with Crippen LogP contribution in [0.15, 0.2) is 49.1 Å². The predicted octanol–water partition coefficient (Wildman–Crippen LogP) is 3.98. The molecule has 0 spiro atoms. The highest BCUT2D eigenvalue weighted by molar-refractivity contribution is 7.84. The minimum atomic E-state index is -4.50. The van der Waals surface area contributed by atoms with Gasteiger partial charge in [0.1, 0.15) is 23.5 Å². The van der Waals surface area contributed by atoms with Crippen molar-refractivity contribution >= 4 is 33.5 Å². The van der Waals surface area contributed by atoms with Gasteiger partial charge in [0.25, 0.3) is 0 Å². The van der Waals surface area contributed by atoms with E-state index in [-0.39, 0.29) is 48.1 Å². The predicted molar refractivity (Wildman–Crippen MR) is 130 cm³/mol. The highest BCUT2D eigenvalue weighted by Crippen LogP contribution is 2.33. The fourth-order valence-corrected chi connectivity index (χ4v) is 4.88. The van der Waals surface area contributed by atoms with Crippen molar-refractivity contribution in [3.05, 3.63) is 76.5 Å². The van der Waals surface area contributed by atoms with Crippen LogP contribution in [0.2, 0.25) is 5.15 Å². The van der Waals surface area contributed by atoms with E-state index in [1.54, 1.807) is 0 Å². The maximum absolute atomic E-state index is 14.6. The zero-order chi connectivity index (χ0) is 27.7. The summed E-state index contributed by atoms with van der Waals surface area (Å²) in [5.74, 6) is -0.904. The molecule has 38 heavy (non-hydrogen) atoms. The third-order valence-electron chi connectivity index (χ3n) is 6.04. The van der Waals surface area contributed by atoms with Crippen LogP contribution in [0.3, 0.4) is 0 Å². The maximum Gasteiger partial charge on any atom is 0.416 e. The van der Waals surface area contributed by atoms with Gasteiger partial charge in [0, 0.05) is 24.5 Å². The summed E-state index contributed by atoms with van der Waals surface area (Å²) in [6, 6.07) is 5.34. The van der Waals surface area contributed by atoms with E-state index >= 15 is 0 Å². The van der Waals surface area contributed by atoms with Gasteiger partial charge in [-0.2, -0.15) is 21.6 Å². The molecule has 1 aliphatic rings. The Morgan fingerprint density at radius 2 is 2.03 bits per heavy atom.